The maximum Gasteiger partial charge on any atom is 0.158 e. The molecule has 2 aliphatic rings. The van der Waals surface area contributed by atoms with Crippen LogP contribution < -0.4 is 4.90 Å². The van der Waals surface area contributed by atoms with Gasteiger partial charge in [-0.3, -0.25) is 4.79 Å². The first-order valence-corrected chi connectivity index (χ1v) is 10.1. The minimum atomic E-state index is 0.678. The fraction of sp³-hybridized carbons (Fsp3) is 0.409. The summed E-state index contributed by atoms with van der Waals surface area (Å²) in [6.45, 7) is 4.50. The molecule has 0 bridgehead atoms. The molecule has 0 saturated carbocycles. The van der Waals surface area contributed by atoms with E-state index in [2.05, 4.69) is 26.2 Å². The molecular weight excluding hydrogens is 352 g/mol. The summed E-state index contributed by atoms with van der Waals surface area (Å²) in [6, 6.07) is 12.4. The zero-order chi connectivity index (χ0) is 18.9. The lowest BCUT2D eigenvalue weighted by Crippen LogP contribution is -2.43. The van der Waals surface area contributed by atoms with Gasteiger partial charge in [-0.1, -0.05) is 24.3 Å². The number of piperidine rings is 1. The SMILES string of the molecule is O=Cc1ccccc1-c1cc(N2CCC(N3CCCC3)CC2)c2nonc2c1. The number of benzene rings is 2. The molecule has 28 heavy (non-hydrogen) atoms. The van der Waals surface area contributed by atoms with E-state index in [1.165, 1.54) is 38.8 Å². The van der Waals surface area contributed by atoms with Crippen molar-refractivity contribution in [1.29, 1.82) is 0 Å². The van der Waals surface area contributed by atoms with E-state index in [9.17, 15) is 4.79 Å². The number of aldehydes is 1. The number of carbonyl (C=O) groups excluding carboxylic acids is 1. The molecule has 0 spiro atoms. The second-order valence-corrected chi connectivity index (χ2v) is 7.79. The second-order valence-electron chi connectivity index (χ2n) is 7.79. The number of anilines is 1. The molecule has 6 heteroatoms. The zero-order valence-corrected chi connectivity index (χ0v) is 15.9. The molecule has 0 amide bonds. The molecule has 1 aromatic heterocycles. The maximum absolute atomic E-state index is 11.5. The molecule has 2 aliphatic heterocycles. The average molecular weight is 376 g/mol. The number of fused-ring (bicyclic) bond motifs is 1. The number of likely N-dealkylation sites (tertiary alicyclic amines) is 1. The molecule has 3 heterocycles. The van der Waals surface area contributed by atoms with E-state index in [4.69, 9.17) is 4.63 Å². The zero-order valence-electron chi connectivity index (χ0n) is 15.9. The van der Waals surface area contributed by atoms with Crippen LogP contribution in [0.3, 0.4) is 0 Å². The fourth-order valence-electron chi connectivity index (χ4n) is 4.71. The van der Waals surface area contributed by atoms with Crippen molar-refractivity contribution in [2.24, 2.45) is 0 Å². The number of nitrogens with zero attached hydrogens (tertiary/aromatic N) is 4. The molecule has 144 valence electrons. The van der Waals surface area contributed by atoms with Crippen LogP contribution in [-0.4, -0.2) is 53.7 Å². The Hall–Kier alpha value is -2.73. The van der Waals surface area contributed by atoms with Crippen LogP contribution in [0, 0.1) is 0 Å². The van der Waals surface area contributed by atoms with Gasteiger partial charge in [-0.25, -0.2) is 4.63 Å². The van der Waals surface area contributed by atoms with E-state index >= 15 is 0 Å². The quantitative estimate of drug-likeness (QED) is 0.646. The van der Waals surface area contributed by atoms with Crippen molar-refractivity contribution in [3.63, 3.8) is 0 Å². The molecule has 5 rings (SSSR count). The van der Waals surface area contributed by atoms with E-state index in [0.717, 1.165) is 47.2 Å². The van der Waals surface area contributed by atoms with Crippen LogP contribution in [0.5, 0.6) is 0 Å². The highest BCUT2D eigenvalue weighted by Gasteiger charge is 2.28. The molecule has 2 fully saturated rings. The summed E-state index contributed by atoms with van der Waals surface area (Å²) >= 11 is 0. The Kier molecular flexibility index (Phi) is 4.56. The van der Waals surface area contributed by atoms with Crippen molar-refractivity contribution >= 4 is 23.0 Å². The minimum Gasteiger partial charge on any atom is -0.369 e. The van der Waals surface area contributed by atoms with Crippen LogP contribution in [0.25, 0.3) is 22.2 Å². The van der Waals surface area contributed by atoms with Gasteiger partial charge in [-0.2, -0.15) is 0 Å². The summed E-state index contributed by atoms with van der Waals surface area (Å²) in [6.07, 6.45) is 5.92. The van der Waals surface area contributed by atoms with E-state index in [1.807, 2.05) is 30.3 Å². The predicted octanol–water partition coefficient (Wildman–Crippen LogP) is 3.77. The van der Waals surface area contributed by atoms with Crippen LogP contribution in [0.4, 0.5) is 5.69 Å². The predicted molar refractivity (Wildman–Crippen MR) is 109 cm³/mol. The van der Waals surface area contributed by atoms with Crippen LogP contribution in [0.2, 0.25) is 0 Å². The van der Waals surface area contributed by atoms with Gasteiger partial charge in [-0.15, -0.1) is 0 Å². The second kappa shape index (κ2) is 7.36. The third-order valence-corrected chi connectivity index (χ3v) is 6.20. The Balaban J connectivity index is 1.47. The fourth-order valence-corrected chi connectivity index (χ4v) is 4.71. The first-order chi connectivity index (χ1) is 13.8. The number of carbonyl (C=O) groups is 1. The largest absolute Gasteiger partial charge is 0.369 e. The van der Waals surface area contributed by atoms with Crippen molar-refractivity contribution < 1.29 is 9.42 Å². The van der Waals surface area contributed by atoms with Crippen molar-refractivity contribution in [2.75, 3.05) is 31.1 Å². The lowest BCUT2D eigenvalue weighted by molar-refractivity contribution is 0.112. The summed E-state index contributed by atoms with van der Waals surface area (Å²) in [5, 5.41) is 8.24. The molecule has 0 unspecified atom stereocenters. The van der Waals surface area contributed by atoms with E-state index in [0.29, 0.717) is 11.6 Å². The first kappa shape index (κ1) is 17.4. The van der Waals surface area contributed by atoms with Crippen LogP contribution >= 0.6 is 0 Å². The van der Waals surface area contributed by atoms with Gasteiger partial charge in [0.15, 0.2) is 11.8 Å². The van der Waals surface area contributed by atoms with Gasteiger partial charge in [0, 0.05) is 24.7 Å². The van der Waals surface area contributed by atoms with Gasteiger partial charge < -0.3 is 9.80 Å². The van der Waals surface area contributed by atoms with E-state index < -0.39 is 0 Å². The molecule has 2 saturated heterocycles. The molecule has 6 nitrogen and oxygen atoms in total. The monoisotopic (exact) mass is 376 g/mol. The summed E-state index contributed by atoms with van der Waals surface area (Å²) in [5.41, 5.74) is 5.14. The molecular formula is C22H24N4O2. The topological polar surface area (TPSA) is 62.5 Å². The lowest BCUT2D eigenvalue weighted by atomic mass is 9.97. The number of rotatable bonds is 4. The number of aromatic nitrogens is 2. The minimum absolute atomic E-state index is 0.678. The average Bonchev–Trinajstić information content (AvgIpc) is 3.45. The summed E-state index contributed by atoms with van der Waals surface area (Å²) < 4.78 is 5.04. The molecule has 0 N–H and O–H groups in total. The highest BCUT2D eigenvalue weighted by atomic mass is 16.6. The van der Waals surface area contributed by atoms with Gasteiger partial charge in [0.05, 0.1) is 5.69 Å². The van der Waals surface area contributed by atoms with Crippen molar-refractivity contribution in [3.8, 4) is 11.1 Å². The molecule has 0 aliphatic carbocycles. The molecule has 3 aromatic rings. The van der Waals surface area contributed by atoms with Gasteiger partial charge >= 0.3 is 0 Å². The van der Waals surface area contributed by atoms with Gasteiger partial charge in [0.2, 0.25) is 0 Å². The summed E-state index contributed by atoms with van der Waals surface area (Å²) in [7, 11) is 0. The first-order valence-electron chi connectivity index (χ1n) is 10.1. The standard InChI is InChI=1S/C22H24N4O2/c27-15-16-5-1-2-6-19(16)17-13-20-22(24-28-23-20)21(14-17)26-11-7-18(8-12-26)25-9-3-4-10-25/h1-2,5-6,13-15,18H,3-4,7-12H2. The Bertz CT molecular complexity index is 985. The molecule has 0 radical (unpaired) electrons. The number of hydrogen-bond acceptors (Lipinski definition) is 6. The third kappa shape index (κ3) is 3.07. The van der Waals surface area contributed by atoms with Crippen molar-refractivity contribution in [3.05, 3.63) is 42.0 Å². The molecule has 2 aromatic carbocycles. The van der Waals surface area contributed by atoms with E-state index in [1.54, 1.807) is 0 Å². The smallest absolute Gasteiger partial charge is 0.158 e. The maximum atomic E-state index is 11.5. The number of hydrogen-bond donors (Lipinski definition) is 0. The highest BCUT2D eigenvalue weighted by molar-refractivity contribution is 5.96. The van der Waals surface area contributed by atoms with Crippen molar-refractivity contribution in [2.45, 2.75) is 31.7 Å². The Morgan fingerprint density at radius 1 is 1.00 bits per heavy atom. The highest BCUT2D eigenvalue weighted by Crippen LogP contribution is 2.34. The van der Waals surface area contributed by atoms with Crippen LogP contribution in [-0.2, 0) is 0 Å². The van der Waals surface area contributed by atoms with E-state index in [-0.39, 0.29) is 0 Å². The summed E-state index contributed by atoms with van der Waals surface area (Å²) in [5.74, 6) is 0. The Labute approximate surface area is 164 Å². The van der Waals surface area contributed by atoms with Crippen molar-refractivity contribution in [1.82, 2.24) is 15.2 Å². The Morgan fingerprint density at radius 3 is 2.57 bits per heavy atom. The van der Waals surface area contributed by atoms with Crippen LogP contribution in [0.1, 0.15) is 36.0 Å². The normalized spacial score (nSPS) is 18.8. The third-order valence-electron chi connectivity index (χ3n) is 6.20. The lowest BCUT2D eigenvalue weighted by Gasteiger charge is -2.37. The summed E-state index contributed by atoms with van der Waals surface area (Å²) in [4.78, 5) is 16.6. The Morgan fingerprint density at radius 2 is 1.79 bits per heavy atom. The van der Waals surface area contributed by atoms with Gasteiger partial charge in [0.25, 0.3) is 0 Å². The molecule has 0 atom stereocenters. The van der Waals surface area contributed by atoms with Crippen LogP contribution in [0.15, 0.2) is 41.0 Å². The van der Waals surface area contributed by atoms with Gasteiger partial charge in [0.1, 0.15) is 5.52 Å². The van der Waals surface area contributed by atoms with Gasteiger partial charge in [-0.05, 0) is 72.3 Å².